The predicted octanol–water partition coefficient (Wildman–Crippen LogP) is 5.96. The molecule has 2 aromatic heterocycles. The van der Waals surface area contributed by atoms with Gasteiger partial charge in [-0.2, -0.15) is 22.8 Å². The summed E-state index contributed by atoms with van der Waals surface area (Å²) in [4.78, 5) is 14.8. The van der Waals surface area contributed by atoms with Crippen molar-refractivity contribution in [1.29, 1.82) is 0 Å². The van der Waals surface area contributed by atoms with Crippen LogP contribution in [0.15, 0.2) is 85.1 Å². The molecule has 2 heterocycles. The number of hydrogen-bond donors (Lipinski definition) is 4. The molecule has 1 atom stereocenters. The average molecular weight is 581 g/mol. The van der Waals surface area contributed by atoms with Crippen molar-refractivity contribution in [2.24, 2.45) is 0 Å². The van der Waals surface area contributed by atoms with E-state index in [4.69, 9.17) is 4.98 Å². The minimum absolute atomic E-state index is 0.213. The van der Waals surface area contributed by atoms with Crippen molar-refractivity contribution in [2.45, 2.75) is 12.7 Å². The summed E-state index contributed by atoms with van der Waals surface area (Å²) < 4.78 is 38.5. The number of phenolic OH excluding ortho intramolecular Hbond substituents is 1. The van der Waals surface area contributed by atoms with Gasteiger partial charge in [0.1, 0.15) is 11.6 Å². The van der Waals surface area contributed by atoms with Gasteiger partial charge in [-0.3, -0.25) is 4.79 Å². The van der Waals surface area contributed by atoms with Crippen molar-refractivity contribution in [2.75, 3.05) is 29.7 Å². The molecule has 0 saturated heterocycles. The Labute approximate surface area is 236 Å². The summed E-state index contributed by atoms with van der Waals surface area (Å²) in [6, 6.07) is 22.2. The fraction of sp³-hybridized carbons (Fsp3) is 0.138. The molecule has 4 N–H and O–H groups in total. The van der Waals surface area contributed by atoms with Crippen molar-refractivity contribution in [3.05, 3.63) is 96.2 Å². The number of anilines is 3. The highest BCUT2D eigenvalue weighted by Crippen LogP contribution is 2.34. The lowest BCUT2D eigenvalue weighted by atomic mass is 10.1. The molecule has 3 aromatic carbocycles. The van der Waals surface area contributed by atoms with Gasteiger partial charge < -0.3 is 21.1 Å². The molecule has 1 unspecified atom stereocenters. The van der Waals surface area contributed by atoms with E-state index in [0.717, 1.165) is 39.8 Å². The first-order valence-corrected chi connectivity index (χ1v) is 14.0. The molecule has 0 aliphatic carbocycles. The van der Waals surface area contributed by atoms with Crippen LogP contribution in [-0.2, 0) is 17.5 Å². The Morgan fingerprint density at radius 2 is 1.78 bits per heavy atom. The molecular weight excluding hydrogens is 552 g/mol. The second kappa shape index (κ2) is 13.1. The number of carbonyl (C=O) groups is 1. The Kier molecular flexibility index (Phi) is 9.41. The van der Waals surface area contributed by atoms with Crippen LogP contribution in [0.25, 0.3) is 16.9 Å². The second-order valence-corrected chi connectivity index (χ2v) is 9.74. The number of alkyl halides is 3. The number of halogens is 3. The minimum atomic E-state index is -4.44. The van der Waals surface area contributed by atoms with Gasteiger partial charge >= 0.3 is 6.18 Å². The molecule has 0 spiro atoms. The number of phenols is 1. The van der Waals surface area contributed by atoms with E-state index in [-0.39, 0.29) is 17.8 Å². The summed E-state index contributed by atoms with van der Waals surface area (Å²) in [7, 11) is 2.50. The van der Waals surface area contributed by atoms with Gasteiger partial charge in [0.25, 0.3) is 0 Å². The molecule has 41 heavy (non-hydrogen) atoms. The lowest BCUT2D eigenvalue weighted by Gasteiger charge is -2.12. The number of carbonyl (C=O) groups excluding carboxylic acids is 1. The monoisotopic (exact) mass is 580 g/mol. The molecule has 0 fully saturated rings. The Hall–Kier alpha value is -4.63. The summed E-state index contributed by atoms with van der Waals surface area (Å²) in [5, 5.41) is 24.5. The third-order valence-corrected chi connectivity index (χ3v) is 6.95. The van der Waals surface area contributed by atoms with Crippen LogP contribution in [0.5, 0.6) is 5.75 Å². The third-order valence-electron chi connectivity index (χ3n) is 6.06. The Balaban J connectivity index is 0.000000251. The van der Waals surface area contributed by atoms with Crippen LogP contribution in [0.3, 0.4) is 0 Å². The number of para-hydroxylation sites is 2. The van der Waals surface area contributed by atoms with Crippen LogP contribution in [0.2, 0.25) is 0 Å². The highest BCUT2D eigenvalue weighted by atomic mass is 31.1. The zero-order chi connectivity index (χ0) is 29.4. The topological polar surface area (TPSA) is 104 Å². The maximum Gasteiger partial charge on any atom is 0.418 e. The van der Waals surface area contributed by atoms with E-state index in [0.29, 0.717) is 20.7 Å². The number of rotatable bonds is 8. The van der Waals surface area contributed by atoms with Gasteiger partial charge in [0.05, 0.1) is 23.1 Å². The number of nitrogens with zero attached hydrogens (tertiary/aromatic N) is 3. The lowest BCUT2D eigenvalue weighted by Crippen LogP contribution is -2.09. The number of amides is 1. The van der Waals surface area contributed by atoms with Crippen LogP contribution in [0.4, 0.5) is 30.4 Å². The molecule has 12 heteroatoms. The standard InChI is InChI=1S/C21H22N5OP.C8H6F3NO/c1-22-15-7-5-6-14(10-15)12-23-20-11-17(16-8-3-4-9-18(16)27)25-21-19(28-2)13-24-26(20)21;9-8(10,11)6-3-1-2-4-7(6)12-5-13/h3-11,13,22-23,27-28H,12H2,1-2H3;1-5H,(H,12,13). The molecule has 212 valence electrons. The van der Waals surface area contributed by atoms with Gasteiger partial charge in [-0.25, -0.2) is 4.98 Å². The van der Waals surface area contributed by atoms with Crippen molar-refractivity contribution < 1.29 is 23.1 Å². The van der Waals surface area contributed by atoms with Crippen LogP contribution in [0, 0.1) is 0 Å². The van der Waals surface area contributed by atoms with Crippen LogP contribution in [0.1, 0.15) is 11.1 Å². The number of benzene rings is 3. The van der Waals surface area contributed by atoms with Crippen molar-refractivity contribution in [1.82, 2.24) is 14.6 Å². The molecular formula is C29H28F3N6O2P. The highest BCUT2D eigenvalue weighted by Gasteiger charge is 2.32. The van der Waals surface area contributed by atoms with Gasteiger partial charge in [-0.15, -0.1) is 0 Å². The van der Waals surface area contributed by atoms with E-state index in [1.165, 1.54) is 18.2 Å². The van der Waals surface area contributed by atoms with E-state index in [1.807, 2.05) is 59.5 Å². The summed E-state index contributed by atoms with van der Waals surface area (Å²) in [6.45, 7) is 2.76. The summed E-state index contributed by atoms with van der Waals surface area (Å²) in [5.74, 6) is 1.05. The zero-order valence-corrected chi connectivity index (χ0v) is 23.2. The molecule has 0 aliphatic rings. The first-order valence-electron chi connectivity index (χ1n) is 12.5. The lowest BCUT2D eigenvalue weighted by molar-refractivity contribution is -0.136. The van der Waals surface area contributed by atoms with E-state index in [9.17, 15) is 23.1 Å². The van der Waals surface area contributed by atoms with E-state index < -0.39 is 11.7 Å². The first-order chi connectivity index (χ1) is 19.7. The molecule has 5 aromatic rings. The summed E-state index contributed by atoms with van der Waals surface area (Å²) in [5.41, 5.74) is 3.39. The quantitative estimate of drug-likeness (QED) is 0.133. The smallest absolute Gasteiger partial charge is 0.418 e. The van der Waals surface area contributed by atoms with Crippen molar-refractivity contribution >= 4 is 43.1 Å². The fourth-order valence-electron chi connectivity index (χ4n) is 4.04. The van der Waals surface area contributed by atoms with Gasteiger partial charge in [0.2, 0.25) is 6.41 Å². The largest absolute Gasteiger partial charge is 0.507 e. The zero-order valence-electron chi connectivity index (χ0n) is 22.2. The van der Waals surface area contributed by atoms with Gasteiger partial charge in [-0.05, 0) is 48.6 Å². The van der Waals surface area contributed by atoms with Crippen LogP contribution in [-0.4, -0.2) is 39.8 Å². The van der Waals surface area contributed by atoms with E-state index >= 15 is 0 Å². The second-order valence-electron chi connectivity index (χ2n) is 8.70. The number of nitrogens with one attached hydrogen (secondary N) is 3. The number of aromatic nitrogens is 3. The third kappa shape index (κ3) is 7.12. The SMILES string of the molecule is CNc1cccc(CNc2cc(-c3ccccc3O)nc3c(PC)cnn23)c1.O=CNc1ccccc1C(F)(F)F. The molecule has 0 aliphatic heterocycles. The number of aromatic hydroxyl groups is 1. The molecule has 5 rings (SSSR count). The highest BCUT2D eigenvalue weighted by molar-refractivity contribution is 7.46. The van der Waals surface area contributed by atoms with Crippen LogP contribution >= 0.6 is 8.58 Å². The summed E-state index contributed by atoms with van der Waals surface area (Å²) >= 11 is 0. The van der Waals surface area contributed by atoms with Gasteiger partial charge in [0, 0.05) is 36.2 Å². The van der Waals surface area contributed by atoms with E-state index in [2.05, 4.69) is 34.5 Å². The molecule has 0 saturated carbocycles. The molecule has 1 amide bonds. The number of fused-ring (bicyclic) bond motifs is 1. The van der Waals surface area contributed by atoms with Crippen molar-refractivity contribution in [3.63, 3.8) is 0 Å². The first kappa shape index (κ1) is 29.4. The predicted molar refractivity (Wildman–Crippen MR) is 158 cm³/mol. The van der Waals surface area contributed by atoms with Crippen LogP contribution < -0.4 is 21.3 Å². The maximum atomic E-state index is 12.2. The molecule has 0 bridgehead atoms. The minimum Gasteiger partial charge on any atom is -0.507 e. The van der Waals surface area contributed by atoms with Gasteiger partial charge in [0.15, 0.2) is 5.65 Å². The van der Waals surface area contributed by atoms with Gasteiger partial charge in [-0.1, -0.05) is 45.0 Å². The van der Waals surface area contributed by atoms with E-state index in [1.54, 1.807) is 6.07 Å². The Bertz CT molecular complexity index is 1640. The summed E-state index contributed by atoms with van der Waals surface area (Å²) in [6.07, 6.45) is -2.36. The maximum absolute atomic E-state index is 12.2. The normalized spacial score (nSPS) is 11.2. The number of hydrogen-bond acceptors (Lipinski definition) is 6. The Morgan fingerprint density at radius 1 is 1.02 bits per heavy atom. The van der Waals surface area contributed by atoms with Crippen molar-refractivity contribution in [3.8, 4) is 17.0 Å². The molecule has 8 nitrogen and oxygen atoms in total. The Morgan fingerprint density at radius 3 is 2.49 bits per heavy atom. The molecule has 0 radical (unpaired) electrons. The average Bonchev–Trinajstić information content (AvgIpc) is 3.40. The fourth-order valence-corrected chi connectivity index (χ4v) is 4.61.